The van der Waals surface area contributed by atoms with Gasteiger partial charge in [-0.05, 0) is 30.0 Å². The standard InChI is InChI=1S/C16H11F3N2OS2/c1-9-10-4-2-3-5-12(10)24-14(9)11(22)8-23-15-20-7-6-13(21-15)16(17,18)19/h2-7H,8H2,1H3. The summed E-state index contributed by atoms with van der Waals surface area (Å²) < 4.78 is 38.9. The predicted octanol–water partition coefficient (Wildman–Crippen LogP) is 4.99. The maximum atomic E-state index is 12.6. The van der Waals surface area contributed by atoms with Crippen LogP contribution in [0.25, 0.3) is 10.1 Å². The van der Waals surface area contributed by atoms with Gasteiger partial charge in [0, 0.05) is 10.9 Å². The van der Waals surface area contributed by atoms with Crippen LogP contribution in [0.4, 0.5) is 13.2 Å². The molecule has 0 amide bonds. The van der Waals surface area contributed by atoms with Gasteiger partial charge in [0.1, 0.15) is 5.69 Å². The highest BCUT2D eigenvalue weighted by Crippen LogP contribution is 2.32. The normalized spacial score (nSPS) is 11.8. The van der Waals surface area contributed by atoms with Crippen molar-refractivity contribution in [2.24, 2.45) is 0 Å². The van der Waals surface area contributed by atoms with Gasteiger partial charge in [0.15, 0.2) is 10.9 Å². The summed E-state index contributed by atoms with van der Waals surface area (Å²) in [4.78, 5) is 20.3. The lowest BCUT2D eigenvalue weighted by Crippen LogP contribution is -2.09. The molecule has 0 aliphatic rings. The van der Waals surface area contributed by atoms with Crippen molar-refractivity contribution in [2.75, 3.05) is 5.75 Å². The van der Waals surface area contributed by atoms with Crippen molar-refractivity contribution in [2.45, 2.75) is 18.3 Å². The molecule has 0 atom stereocenters. The first-order chi connectivity index (χ1) is 11.4. The number of fused-ring (bicyclic) bond motifs is 1. The first-order valence-corrected chi connectivity index (χ1v) is 8.71. The molecule has 0 bridgehead atoms. The Labute approximate surface area is 143 Å². The molecular formula is C16H11F3N2OS2. The Hall–Kier alpha value is -1.93. The van der Waals surface area contributed by atoms with Crippen LogP contribution >= 0.6 is 23.1 Å². The Balaban J connectivity index is 1.77. The first kappa shape index (κ1) is 16.9. The van der Waals surface area contributed by atoms with Crippen molar-refractivity contribution in [3.8, 4) is 0 Å². The Morgan fingerprint density at radius 2 is 2.00 bits per heavy atom. The van der Waals surface area contributed by atoms with Crippen LogP contribution in [-0.4, -0.2) is 21.5 Å². The zero-order chi connectivity index (χ0) is 17.3. The van der Waals surface area contributed by atoms with E-state index in [4.69, 9.17) is 0 Å². The molecule has 0 saturated carbocycles. The monoisotopic (exact) mass is 368 g/mol. The quantitative estimate of drug-likeness (QED) is 0.369. The fraction of sp³-hybridized carbons (Fsp3) is 0.188. The molecule has 3 nitrogen and oxygen atoms in total. The second kappa shape index (κ2) is 6.52. The number of Topliss-reactive ketones (excluding diaryl/α,β-unsaturated/α-hetero) is 1. The third-order valence-corrected chi connectivity index (χ3v) is 5.53. The number of rotatable bonds is 4. The highest BCUT2D eigenvalue weighted by molar-refractivity contribution is 7.99. The van der Waals surface area contributed by atoms with E-state index in [1.54, 1.807) is 0 Å². The molecule has 0 saturated heterocycles. The summed E-state index contributed by atoms with van der Waals surface area (Å²) in [6.45, 7) is 1.87. The number of benzene rings is 1. The van der Waals surface area contributed by atoms with Gasteiger partial charge in [-0.25, -0.2) is 9.97 Å². The number of aryl methyl sites for hydroxylation is 1. The van der Waals surface area contributed by atoms with Gasteiger partial charge in [-0.2, -0.15) is 13.2 Å². The second-order valence-electron chi connectivity index (χ2n) is 4.99. The average molecular weight is 368 g/mol. The van der Waals surface area contributed by atoms with Crippen LogP contribution < -0.4 is 0 Å². The van der Waals surface area contributed by atoms with Crippen LogP contribution in [0.15, 0.2) is 41.7 Å². The molecule has 0 aliphatic heterocycles. The number of carbonyl (C=O) groups is 1. The summed E-state index contributed by atoms with van der Waals surface area (Å²) in [7, 11) is 0. The van der Waals surface area contributed by atoms with Gasteiger partial charge in [-0.15, -0.1) is 11.3 Å². The Morgan fingerprint density at radius 1 is 1.25 bits per heavy atom. The van der Waals surface area contributed by atoms with Crippen LogP contribution in [0.1, 0.15) is 20.9 Å². The maximum Gasteiger partial charge on any atom is 0.433 e. The van der Waals surface area contributed by atoms with Crippen molar-refractivity contribution in [3.05, 3.63) is 52.7 Å². The molecule has 0 radical (unpaired) electrons. The average Bonchev–Trinajstić information content (AvgIpc) is 2.90. The Morgan fingerprint density at radius 3 is 2.71 bits per heavy atom. The zero-order valence-corrected chi connectivity index (χ0v) is 14.1. The van der Waals surface area contributed by atoms with Gasteiger partial charge in [0.2, 0.25) is 0 Å². The lowest BCUT2D eigenvalue weighted by atomic mass is 10.1. The van der Waals surface area contributed by atoms with Gasteiger partial charge >= 0.3 is 6.18 Å². The van der Waals surface area contributed by atoms with E-state index in [1.807, 2.05) is 31.2 Å². The highest BCUT2D eigenvalue weighted by atomic mass is 32.2. The lowest BCUT2D eigenvalue weighted by Gasteiger charge is -2.06. The van der Waals surface area contributed by atoms with Crippen molar-refractivity contribution >= 4 is 39.0 Å². The molecular weight excluding hydrogens is 357 g/mol. The van der Waals surface area contributed by atoms with E-state index >= 15 is 0 Å². The van der Waals surface area contributed by atoms with E-state index in [1.165, 1.54) is 11.3 Å². The largest absolute Gasteiger partial charge is 0.433 e. The first-order valence-electron chi connectivity index (χ1n) is 6.90. The third kappa shape index (κ3) is 3.44. The summed E-state index contributed by atoms with van der Waals surface area (Å²) in [6, 6.07) is 8.50. The number of hydrogen-bond acceptors (Lipinski definition) is 5. The molecule has 124 valence electrons. The summed E-state index contributed by atoms with van der Waals surface area (Å²) in [5.74, 6) is -0.144. The summed E-state index contributed by atoms with van der Waals surface area (Å²) in [5.41, 5.74) is -0.114. The van der Waals surface area contributed by atoms with E-state index in [2.05, 4.69) is 9.97 Å². The van der Waals surface area contributed by atoms with Gasteiger partial charge in [0.05, 0.1) is 10.6 Å². The van der Waals surface area contributed by atoms with Crippen LogP contribution in [-0.2, 0) is 6.18 Å². The van der Waals surface area contributed by atoms with Gasteiger partial charge in [0.25, 0.3) is 0 Å². The number of ketones is 1. The summed E-state index contributed by atoms with van der Waals surface area (Å²) >= 11 is 2.30. The number of carbonyl (C=O) groups excluding carboxylic acids is 1. The molecule has 0 aliphatic carbocycles. The number of alkyl halides is 3. The molecule has 0 fully saturated rings. The van der Waals surface area contributed by atoms with Crippen LogP contribution in [0.2, 0.25) is 0 Å². The molecule has 0 unspecified atom stereocenters. The van der Waals surface area contributed by atoms with Crippen LogP contribution in [0.3, 0.4) is 0 Å². The van der Waals surface area contributed by atoms with Crippen molar-refractivity contribution in [1.82, 2.24) is 9.97 Å². The number of hydrogen-bond donors (Lipinski definition) is 0. The zero-order valence-electron chi connectivity index (χ0n) is 12.4. The minimum Gasteiger partial charge on any atom is -0.292 e. The third-order valence-electron chi connectivity index (χ3n) is 3.35. The Bertz CT molecular complexity index is 906. The minimum absolute atomic E-state index is 0.00499. The number of halogens is 3. The summed E-state index contributed by atoms with van der Waals surface area (Å²) in [5, 5.41) is 0.961. The van der Waals surface area contributed by atoms with Crippen molar-refractivity contribution in [3.63, 3.8) is 0 Å². The molecule has 3 rings (SSSR count). The van der Waals surface area contributed by atoms with E-state index < -0.39 is 11.9 Å². The molecule has 1 aromatic carbocycles. The van der Waals surface area contributed by atoms with E-state index in [0.717, 1.165) is 39.7 Å². The van der Waals surface area contributed by atoms with Crippen molar-refractivity contribution < 1.29 is 18.0 Å². The molecule has 2 heterocycles. The summed E-state index contributed by atoms with van der Waals surface area (Å²) in [6.07, 6.45) is -3.47. The number of thioether (sulfide) groups is 1. The maximum absolute atomic E-state index is 12.6. The van der Waals surface area contributed by atoms with Gasteiger partial charge in [-0.1, -0.05) is 30.0 Å². The van der Waals surface area contributed by atoms with Gasteiger partial charge < -0.3 is 0 Å². The number of nitrogens with zero attached hydrogens (tertiary/aromatic N) is 2. The van der Waals surface area contributed by atoms with Gasteiger partial charge in [-0.3, -0.25) is 4.79 Å². The number of aromatic nitrogens is 2. The molecule has 0 N–H and O–H groups in total. The fourth-order valence-electron chi connectivity index (χ4n) is 2.20. The number of thiophene rings is 1. The molecule has 2 aromatic heterocycles. The highest BCUT2D eigenvalue weighted by Gasteiger charge is 2.32. The van der Waals surface area contributed by atoms with E-state index in [0.29, 0.717) is 4.88 Å². The van der Waals surface area contributed by atoms with Crippen LogP contribution in [0, 0.1) is 6.92 Å². The topological polar surface area (TPSA) is 42.9 Å². The van der Waals surface area contributed by atoms with Crippen molar-refractivity contribution in [1.29, 1.82) is 0 Å². The van der Waals surface area contributed by atoms with E-state index in [9.17, 15) is 18.0 Å². The molecule has 24 heavy (non-hydrogen) atoms. The molecule has 8 heteroatoms. The lowest BCUT2D eigenvalue weighted by molar-refractivity contribution is -0.141. The van der Waals surface area contributed by atoms with E-state index in [-0.39, 0.29) is 16.7 Å². The predicted molar refractivity (Wildman–Crippen MR) is 88.7 cm³/mol. The Kier molecular flexibility index (Phi) is 4.60. The fourth-order valence-corrected chi connectivity index (χ4v) is 4.15. The molecule has 3 aromatic rings. The molecule has 0 spiro atoms. The SMILES string of the molecule is Cc1c(C(=O)CSc2nccc(C(F)(F)F)n2)sc2ccccc12. The second-order valence-corrected chi connectivity index (χ2v) is 6.98. The van der Waals surface area contributed by atoms with Crippen LogP contribution in [0.5, 0.6) is 0 Å². The smallest absolute Gasteiger partial charge is 0.292 e. The minimum atomic E-state index is -4.52.